The van der Waals surface area contributed by atoms with Gasteiger partial charge in [-0.1, -0.05) is 125 Å². The molecule has 4 aliphatic heterocycles. The number of phenolic OH excluding ortho intramolecular Hbond substituents is 4. The van der Waals surface area contributed by atoms with Crippen LogP contribution in [-0.4, -0.2) is 47.6 Å². The summed E-state index contributed by atoms with van der Waals surface area (Å²) in [5, 5.41) is 40.3. The van der Waals surface area contributed by atoms with Crippen LogP contribution in [0, 0.1) is 0 Å². The minimum Gasteiger partial charge on any atom is -0.508 e. The summed E-state index contributed by atoms with van der Waals surface area (Å²) in [6.45, 7) is 7.90. The molecule has 12 aromatic carbocycles. The van der Waals surface area contributed by atoms with Crippen LogP contribution in [0.1, 0.15) is 118 Å². The third kappa shape index (κ3) is 12.2. The van der Waals surface area contributed by atoms with Gasteiger partial charge in [0.2, 0.25) is 27.2 Å². The average Bonchev–Trinajstić information content (AvgIpc) is 0.726. The first-order valence-corrected chi connectivity index (χ1v) is 34.7. The topological polar surface area (TPSA) is 192 Å². The zero-order chi connectivity index (χ0) is 70.7. The number of hydrogen-bond donors (Lipinski definition) is 4. The normalized spacial score (nSPS) is 16.3. The Hall–Kier alpha value is -12.6. The molecule has 1 aliphatic carbocycles. The Morgan fingerprint density at radius 3 is 0.529 bits per heavy atom. The molecule has 0 fully saturated rings. The van der Waals surface area contributed by atoms with E-state index in [0.29, 0.717) is 91.2 Å². The number of hydrogen-bond acceptors (Lipinski definition) is 16. The molecular weight excluding hydrogens is 1310 g/mol. The Bertz CT molecular complexity index is 4440. The molecule has 0 saturated carbocycles. The lowest BCUT2D eigenvalue weighted by Crippen LogP contribution is -2.25. The van der Waals surface area contributed by atoms with Crippen molar-refractivity contribution in [2.45, 2.75) is 77.8 Å². The molecule has 4 heterocycles. The Kier molecular flexibility index (Phi) is 16.9. The highest BCUT2D eigenvalue weighted by Gasteiger charge is 2.40. The zero-order valence-corrected chi connectivity index (χ0v) is 57.4. The highest BCUT2D eigenvalue weighted by molar-refractivity contribution is 5.72. The van der Waals surface area contributed by atoms with Crippen molar-refractivity contribution in [1.29, 1.82) is 0 Å². The lowest BCUT2D eigenvalue weighted by atomic mass is 9.78. The summed E-state index contributed by atoms with van der Waals surface area (Å²) >= 11 is 0. The van der Waals surface area contributed by atoms with Gasteiger partial charge < -0.3 is 77.3 Å². The van der Waals surface area contributed by atoms with Crippen molar-refractivity contribution >= 4 is 0 Å². The van der Waals surface area contributed by atoms with Gasteiger partial charge in [0, 0.05) is 68.2 Å². The van der Waals surface area contributed by atoms with Crippen molar-refractivity contribution in [3.63, 3.8) is 0 Å². The fourth-order valence-electron chi connectivity index (χ4n) is 14.9. The van der Waals surface area contributed by atoms with E-state index in [2.05, 4.69) is 52.0 Å². The third-order valence-corrected chi connectivity index (χ3v) is 20.6. The van der Waals surface area contributed by atoms with Crippen molar-refractivity contribution in [1.82, 2.24) is 0 Å². The second kappa shape index (κ2) is 27.1. The van der Waals surface area contributed by atoms with Gasteiger partial charge >= 0.3 is 0 Å². The molecule has 0 atom stereocenters. The first-order valence-electron chi connectivity index (χ1n) is 34.7. The maximum absolute atomic E-state index is 10.1. The summed E-state index contributed by atoms with van der Waals surface area (Å²) in [5.74, 6) is 5.80. The smallest absolute Gasteiger partial charge is 0.230 e. The summed E-state index contributed by atoms with van der Waals surface area (Å²) in [6.07, 6.45) is 0. The molecule has 0 radical (unpaired) electrons. The molecule has 104 heavy (non-hydrogen) atoms. The molecule has 0 unspecified atom stereocenters. The summed E-state index contributed by atoms with van der Waals surface area (Å²) in [5.41, 5.74) is 17.1. The van der Waals surface area contributed by atoms with Gasteiger partial charge in [-0.3, -0.25) is 0 Å². The average molecular weight is 1390 g/mol. The summed E-state index contributed by atoms with van der Waals surface area (Å²) < 4.78 is 83.6. The molecule has 520 valence electrons. The molecule has 0 saturated heterocycles. The van der Waals surface area contributed by atoms with Crippen LogP contribution < -0.4 is 56.8 Å². The second-order valence-corrected chi connectivity index (χ2v) is 26.7. The SMILES string of the molecule is CC1c2cc3c4c(COc5ccc(-c6ccc(O)cc6)cc5)c2OCOc2c1cc1c(c2COc2ccc(-c5ccc(O)cc5)cc2)OCOc2c(cc5c(c2COc2ccc(-c6ccc(O)cc6)cc2)OCOc2c(cc(c(c2COc2ccc(-c6ccc(O)cc6)cc2)OCO4)C3C)C5C)C1C. The first-order chi connectivity index (χ1) is 50.8. The van der Waals surface area contributed by atoms with Crippen LogP contribution >= 0.6 is 0 Å². The number of aromatic hydroxyl groups is 4. The van der Waals surface area contributed by atoms with Gasteiger partial charge in [-0.25, -0.2) is 0 Å². The van der Waals surface area contributed by atoms with Gasteiger partial charge in [-0.05, 0) is 166 Å². The third-order valence-electron chi connectivity index (χ3n) is 20.6. The van der Waals surface area contributed by atoms with E-state index < -0.39 is 23.7 Å². The van der Waals surface area contributed by atoms with Crippen molar-refractivity contribution in [3.05, 3.63) is 285 Å². The fourth-order valence-corrected chi connectivity index (χ4v) is 14.9. The van der Waals surface area contributed by atoms with Gasteiger partial charge in [-0.2, -0.15) is 0 Å². The van der Waals surface area contributed by atoms with Crippen LogP contribution in [-0.2, 0) is 26.4 Å². The predicted molar refractivity (Wildman–Crippen MR) is 392 cm³/mol. The molecule has 0 spiro atoms. The maximum atomic E-state index is 10.1. The molecule has 17 rings (SSSR count). The molecule has 16 nitrogen and oxygen atoms in total. The number of phenols is 4. The van der Waals surface area contributed by atoms with Gasteiger partial charge in [0.25, 0.3) is 0 Å². The number of benzene rings is 12. The molecule has 16 heteroatoms. The Labute approximate surface area is 600 Å². The summed E-state index contributed by atoms with van der Waals surface area (Å²) in [7, 11) is 0. The van der Waals surface area contributed by atoms with E-state index in [1.165, 1.54) is 0 Å². The monoisotopic (exact) mass is 1380 g/mol. The van der Waals surface area contributed by atoms with E-state index in [1.807, 2.05) is 146 Å². The highest BCUT2D eigenvalue weighted by Crippen LogP contribution is 2.57. The number of ether oxygens (including phenoxy) is 12. The van der Waals surface area contributed by atoms with Gasteiger partial charge in [-0.15, -0.1) is 0 Å². The van der Waals surface area contributed by atoms with Gasteiger partial charge in [0.1, 0.15) is 118 Å². The number of rotatable bonds is 16. The predicted octanol–water partition coefficient (Wildman–Crippen LogP) is 19.3. The largest absolute Gasteiger partial charge is 0.508 e. The van der Waals surface area contributed by atoms with Crippen LogP contribution in [0.25, 0.3) is 44.5 Å². The van der Waals surface area contributed by atoms with E-state index in [-0.39, 0.29) is 76.6 Å². The minimum absolute atomic E-state index is 0.0277. The van der Waals surface area contributed by atoms with Gasteiger partial charge in [0.05, 0.1) is 22.3 Å². The van der Waals surface area contributed by atoms with Crippen molar-refractivity contribution < 1.29 is 77.3 Å². The van der Waals surface area contributed by atoms with Crippen LogP contribution in [0.4, 0.5) is 0 Å². The molecule has 5 aliphatic rings. The zero-order valence-electron chi connectivity index (χ0n) is 57.4. The second-order valence-electron chi connectivity index (χ2n) is 26.7. The minimum atomic E-state index is -0.436. The lowest BCUT2D eigenvalue weighted by molar-refractivity contribution is 0.0902. The molecule has 0 amide bonds. The van der Waals surface area contributed by atoms with Crippen LogP contribution in [0.15, 0.2) is 218 Å². The van der Waals surface area contributed by atoms with E-state index >= 15 is 0 Å². The van der Waals surface area contributed by atoms with Crippen molar-refractivity contribution in [2.75, 3.05) is 27.2 Å². The Balaban J connectivity index is 0.847. The Morgan fingerprint density at radius 2 is 0.375 bits per heavy atom. The summed E-state index contributed by atoms with van der Waals surface area (Å²) in [4.78, 5) is 0. The van der Waals surface area contributed by atoms with E-state index in [0.717, 1.165) is 89.0 Å². The van der Waals surface area contributed by atoms with E-state index in [9.17, 15) is 20.4 Å². The molecule has 0 aromatic heterocycles. The molecule has 4 N–H and O–H groups in total. The van der Waals surface area contributed by atoms with Crippen molar-refractivity contribution in [2.24, 2.45) is 0 Å². The Morgan fingerprint density at radius 1 is 0.231 bits per heavy atom. The molecule has 12 aromatic rings. The highest BCUT2D eigenvalue weighted by atomic mass is 16.7. The molecule has 8 bridgehead atoms. The van der Waals surface area contributed by atoms with E-state index in [4.69, 9.17) is 56.8 Å². The first kappa shape index (κ1) is 64.8. The fraction of sp³-hybridized carbons (Fsp3) is 0.182. The quantitative estimate of drug-likeness (QED) is 0.0713. The molecular formula is C88H72O16. The van der Waals surface area contributed by atoms with E-state index in [1.54, 1.807) is 48.5 Å². The van der Waals surface area contributed by atoms with Crippen LogP contribution in [0.3, 0.4) is 0 Å². The summed E-state index contributed by atoms with van der Waals surface area (Å²) in [6, 6.07) is 68.6. The lowest BCUT2D eigenvalue weighted by Gasteiger charge is -2.36. The van der Waals surface area contributed by atoms with Crippen LogP contribution in [0.5, 0.6) is 92.0 Å². The maximum Gasteiger partial charge on any atom is 0.230 e. The standard InChI is InChI=1S/C88H72O16/c1-49-69-37-71-50(2)73-39-75-52(4)76-40-74-51(3)72-38-70(49)82-78(42-94-66-31-15-58(16-32-66)54-7-23-62(90)24-8-54)84(72)100-47-102-86(74)80(44-96-68-35-19-60(20-36-68)56-11-27-64(92)28-12-56)88(76)104-48-103-87(75)79(43-95-67-33-17-59(18-34-67)55-9-25-63(91)26-10-55)85(73)101-46-99-83(71)77(81(69)97-45-98-82)41-93-65-29-13-57(14-30-65)53-5-21-61(89)22-6-53/h5-40,49-52,89-92H,41-48H2,1-4H3. The van der Waals surface area contributed by atoms with Gasteiger partial charge in [0.15, 0.2) is 0 Å². The van der Waals surface area contributed by atoms with Crippen LogP contribution in [0.2, 0.25) is 0 Å². The van der Waals surface area contributed by atoms with Crippen molar-refractivity contribution in [3.8, 4) is 136 Å².